The number of benzene rings is 2. The standard InChI is InChI=1S/C30H33N3O5/c1-29(2,3)33-28(36)38-30(15-7-16-30)21-12-10-20(11-13-21)25-22(19-8-5-4-6-9-19)18-23-27(32-25)37-24(14-17-34)26(35)31-23/h4-6,8-13,18,24,34H,7,14-17H2,1-3H3,(H,31,35)(H,33,36). The maximum atomic E-state index is 12.6. The van der Waals surface area contributed by atoms with Crippen LogP contribution in [-0.2, 0) is 15.1 Å². The molecule has 1 unspecified atom stereocenters. The zero-order chi connectivity index (χ0) is 26.9. The first-order valence-corrected chi connectivity index (χ1v) is 13.0. The Morgan fingerprint density at radius 3 is 2.45 bits per heavy atom. The third-order valence-electron chi connectivity index (χ3n) is 6.88. The summed E-state index contributed by atoms with van der Waals surface area (Å²) in [5, 5.41) is 15.1. The Bertz CT molecular complexity index is 1330. The van der Waals surface area contributed by atoms with E-state index in [1.807, 2.05) is 81.4 Å². The van der Waals surface area contributed by atoms with Crippen molar-refractivity contribution in [3.8, 4) is 28.3 Å². The fourth-order valence-electron chi connectivity index (χ4n) is 4.83. The SMILES string of the molecule is CC(C)(C)NC(=O)OC1(c2ccc(-c3nc4c(cc3-c3ccccc3)NC(=O)C(CCO)O4)cc2)CCC1. The van der Waals surface area contributed by atoms with Crippen molar-refractivity contribution in [1.29, 1.82) is 0 Å². The summed E-state index contributed by atoms with van der Waals surface area (Å²) in [6.45, 7) is 5.61. The van der Waals surface area contributed by atoms with Crippen molar-refractivity contribution in [3.05, 3.63) is 66.2 Å². The van der Waals surface area contributed by atoms with Crippen LogP contribution in [0.1, 0.15) is 52.0 Å². The Hall–Kier alpha value is -3.91. The molecular formula is C30H33N3O5. The lowest BCUT2D eigenvalue weighted by Crippen LogP contribution is -2.47. The number of carbonyl (C=O) groups is 2. The summed E-state index contributed by atoms with van der Waals surface area (Å²) >= 11 is 0. The van der Waals surface area contributed by atoms with Gasteiger partial charge in [-0.2, -0.15) is 0 Å². The van der Waals surface area contributed by atoms with Crippen molar-refractivity contribution < 1.29 is 24.2 Å². The summed E-state index contributed by atoms with van der Waals surface area (Å²) < 4.78 is 11.8. The van der Waals surface area contributed by atoms with Gasteiger partial charge < -0.3 is 25.2 Å². The Balaban J connectivity index is 1.50. The number of aliphatic hydroxyl groups is 1. The highest BCUT2D eigenvalue weighted by atomic mass is 16.6. The molecule has 1 saturated carbocycles. The van der Waals surface area contributed by atoms with Gasteiger partial charge >= 0.3 is 6.09 Å². The number of anilines is 1. The fourth-order valence-corrected chi connectivity index (χ4v) is 4.83. The van der Waals surface area contributed by atoms with Gasteiger partial charge in [-0.3, -0.25) is 4.79 Å². The number of nitrogens with one attached hydrogen (secondary N) is 2. The average molecular weight is 516 g/mol. The van der Waals surface area contributed by atoms with E-state index in [9.17, 15) is 14.7 Å². The molecule has 2 aliphatic rings. The molecule has 3 N–H and O–H groups in total. The minimum absolute atomic E-state index is 0.165. The van der Waals surface area contributed by atoms with Gasteiger partial charge in [0.1, 0.15) is 11.3 Å². The van der Waals surface area contributed by atoms with Crippen LogP contribution in [0.2, 0.25) is 0 Å². The number of ether oxygens (including phenoxy) is 2. The smallest absolute Gasteiger partial charge is 0.408 e. The molecular weight excluding hydrogens is 482 g/mol. The van der Waals surface area contributed by atoms with Gasteiger partial charge in [0.05, 0.1) is 5.69 Å². The first kappa shape index (κ1) is 25.7. The van der Waals surface area contributed by atoms with E-state index in [1.165, 1.54) is 0 Å². The Morgan fingerprint density at radius 2 is 1.84 bits per heavy atom. The highest BCUT2D eigenvalue weighted by molar-refractivity contribution is 5.99. The van der Waals surface area contributed by atoms with Gasteiger partial charge in [-0.1, -0.05) is 54.6 Å². The van der Waals surface area contributed by atoms with Gasteiger partial charge in [-0.15, -0.1) is 0 Å². The van der Waals surface area contributed by atoms with Crippen LogP contribution < -0.4 is 15.4 Å². The fraction of sp³-hybridized carbons (Fsp3) is 0.367. The number of alkyl carbamates (subject to hydrolysis) is 1. The second-order valence-corrected chi connectivity index (χ2v) is 10.9. The van der Waals surface area contributed by atoms with E-state index < -0.39 is 17.8 Å². The number of carbonyl (C=O) groups excluding carboxylic acids is 2. The molecule has 8 nitrogen and oxygen atoms in total. The van der Waals surface area contributed by atoms with E-state index in [-0.39, 0.29) is 24.5 Å². The number of aliphatic hydroxyl groups excluding tert-OH is 1. The van der Waals surface area contributed by atoms with Crippen LogP contribution in [0.3, 0.4) is 0 Å². The number of pyridine rings is 1. The van der Waals surface area contributed by atoms with Crippen LogP contribution in [0.4, 0.5) is 10.5 Å². The maximum Gasteiger partial charge on any atom is 0.408 e. The van der Waals surface area contributed by atoms with Crippen LogP contribution in [-0.4, -0.2) is 40.3 Å². The molecule has 0 saturated heterocycles. The lowest BCUT2D eigenvalue weighted by molar-refractivity contribution is -0.124. The molecule has 198 valence electrons. The van der Waals surface area contributed by atoms with Crippen LogP contribution in [0.15, 0.2) is 60.7 Å². The Morgan fingerprint density at radius 1 is 1.13 bits per heavy atom. The van der Waals surface area contributed by atoms with Crippen molar-refractivity contribution in [1.82, 2.24) is 10.3 Å². The van der Waals surface area contributed by atoms with E-state index in [0.29, 0.717) is 17.3 Å². The third kappa shape index (κ3) is 5.22. The summed E-state index contributed by atoms with van der Waals surface area (Å²) in [5.41, 5.74) is 3.79. The molecule has 1 aromatic heterocycles. The monoisotopic (exact) mass is 515 g/mol. The third-order valence-corrected chi connectivity index (χ3v) is 6.88. The zero-order valence-electron chi connectivity index (χ0n) is 21.9. The van der Waals surface area contributed by atoms with E-state index in [1.54, 1.807) is 0 Å². The van der Waals surface area contributed by atoms with Gasteiger partial charge in [0.2, 0.25) is 5.88 Å². The number of amides is 2. The molecule has 3 aromatic rings. The molecule has 1 aliphatic carbocycles. The molecule has 0 radical (unpaired) electrons. The Kier molecular flexibility index (Phi) is 6.84. The number of hydrogen-bond donors (Lipinski definition) is 3. The predicted octanol–water partition coefficient (Wildman–Crippen LogP) is 5.40. The number of fused-ring (bicyclic) bond motifs is 1. The van der Waals surface area contributed by atoms with E-state index in [2.05, 4.69) is 10.6 Å². The van der Waals surface area contributed by atoms with Crippen molar-refractivity contribution in [2.24, 2.45) is 0 Å². The first-order chi connectivity index (χ1) is 18.2. The summed E-state index contributed by atoms with van der Waals surface area (Å²) in [5.74, 6) is 0.0187. The molecule has 2 amide bonds. The average Bonchev–Trinajstić information content (AvgIpc) is 2.86. The highest BCUT2D eigenvalue weighted by Crippen LogP contribution is 2.46. The van der Waals surface area contributed by atoms with Gasteiger partial charge in [0, 0.05) is 29.7 Å². The largest absolute Gasteiger partial charge is 0.463 e. The molecule has 5 rings (SSSR count). The lowest BCUT2D eigenvalue weighted by atomic mass is 9.74. The molecule has 1 aliphatic heterocycles. The topological polar surface area (TPSA) is 110 Å². The van der Waals surface area contributed by atoms with E-state index in [0.717, 1.165) is 41.5 Å². The van der Waals surface area contributed by atoms with Gasteiger partial charge in [-0.05, 0) is 57.2 Å². The van der Waals surface area contributed by atoms with Crippen molar-refractivity contribution in [2.45, 2.75) is 63.7 Å². The number of rotatable bonds is 6. The Labute approximate surface area is 222 Å². The summed E-state index contributed by atoms with van der Waals surface area (Å²) in [6.07, 6.45) is 1.51. The van der Waals surface area contributed by atoms with Crippen LogP contribution in [0, 0.1) is 0 Å². The maximum absolute atomic E-state index is 12.6. The minimum Gasteiger partial charge on any atom is -0.463 e. The summed E-state index contributed by atoms with van der Waals surface area (Å²) in [7, 11) is 0. The number of aromatic nitrogens is 1. The molecule has 0 bridgehead atoms. The lowest BCUT2D eigenvalue weighted by Gasteiger charge is -2.42. The normalized spacial score (nSPS) is 17.9. The van der Waals surface area contributed by atoms with Crippen molar-refractivity contribution >= 4 is 17.7 Å². The quantitative estimate of drug-likeness (QED) is 0.405. The van der Waals surface area contributed by atoms with E-state index in [4.69, 9.17) is 14.5 Å². The van der Waals surface area contributed by atoms with E-state index >= 15 is 0 Å². The van der Waals surface area contributed by atoms with Crippen LogP contribution in [0.25, 0.3) is 22.4 Å². The predicted molar refractivity (Wildman–Crippen MR) is 145 cm³/mol. The van der Waals surface area contributed by atoms with Crippen molar-refractivity contribution in [3.63, 3.8) is 0 Å². The molecule has 2 aromatic carbocycles. The van der Waals surface area contributed by atoms with Crippen molar-refractivity contribution in [2.75, 3.05) is 11.9 Å². The first-order valence-electron chi connectivity index (χ1n) is 13.0. The number of nitrogens with zero attached hydrogens (tertiary/aromatic N) is 1. The summed E-state index contributed by atoms with van der Waals surface area (Å²) in [4.78, 5) is 29.8. The molecule has 0 spiro atoms. The molecule has 1 atom stereocenters. The summed E-state index contributed by atoms with van der Waals surface area (Å²) in [6, 6.07) is 19.7. The van der Waals surface area contributed by atoms with Crippen LogP contribution >= 0.6 is 0 Å². The molecule has 2 heterocycles. The number of hydrogen-bond acceptors (Lipinski definition) is 6. The minimum atomic E-state index is -0.798. The molecule has 1 fully saturated rings. The van der Waals surface area contributed by atoms with Crippen LogP contribution in [0.5, 0.6) is 5.88 Å². The molecule has 38 heavy (non-hydrogen) atoms. The van der Waals surface area contributed by atoms with Gasteiger partial charge in [0.25, 0.3) is 5.91 Å². The van der Waals surface area contributed by atoms with Gasteiger partial charge in [-0.25, -0.2) is 9.78 Å². The zero-order valence-corrected chi connectivity index (χ0v) is 21.9. The van der Waals surface area contributed by atoms with Gasteiger partial charge in [0.15, 0.2) is 6.10 Å². The highest BCUT2D eigenvalue weighted by Gasteiger charge is 2.43. The molecule has 8 heteroatoms. The second-order valence-electron chi connectivity index (χ2n) is 10.9. The second kappa shape index (κ2) is 10.1.